The molecule has 1 amide bonds. The molecule has 0 aromatic rings. The summed E-state index contributed by atoms with van der Waals surface area (Å²) in [5.41, 5.74) is -0.678. The van der Waals surface area contributed by atoms with E-state index in [1.165, 1.54) is 6.42 Å². The molecule has 1 heterocycles. The quantitative estimate of drug-likeness (QED) is 0.808. The largest absolute Gasteiger partial charge is 0.480 e. The van der Waals surface area contributed by atoms with Crippen LogP contribution in [0.5, 0.6) is 0 Å². The summed E-state index contributed by atoms with van der Waals surface area (Å²) >= 11 is 0. The Balaban J connectivity index is 2.80. The van der Waals surface area contributed by atoms with Crippen molar-refractivity contribution in [2.24, 2.45) is 5.92 Å². The Morgan fingerprint density at radius 3 is 2.35 bits per heavy atom. The van der Waals surface area contributed by atoms with E-state index in [0.29, 0.717) is 6.04 Å². The van der Waals surface area contributed by atoms with Gasteiger partial charge in [-0.15, -0.1) is 0 Å². The lowest BCUT2D eigenvalue weighted by Gasteiger charge is -2.44. The highest BCUT2D eigenvalue weighted by Gasteiger charge is 2.40. The minimum atomic E-state index is -0.976. The molecule has 1 aliphatic rings. The molecule has 2 unspecified atom stereocenters. The predicted octanol–water partition coefficient (Wildman–Crippen LogP) is 1.86. The van der Waals surface area contributed by atoms with Gasteiger partial charge in [-0.25, -0.2) is 4.79 Å². The van der Waals surface area contributed by atoms with Crippen LogP contribution in [-0.4, -0.2) is 46.1 Å². The molecule has 1 saturated heterocycles. The lowest BCUT2D eigenvalue weighted by atomic mass is 9.92. The van der Waals surface area contributed by atoms with Crippen LogP contribution in [0.1, 0.15) is 53.9 Å². The lowest BCUT2D eigenvalue weighted by molar-refractivity contribution is -0.146. The topological polar surface area (TPSA) is 69.6 Å². The molecular weight excluding hydrogens is 256 g/mol. The van der Waals surface area contributed by atoms with Crippen molar-refractivity contribution in [1.29, 1.82) is 0 Å². The van der Waals surface area contributed by atoms with Crippen LogP contribution in [0.2, 0.25) is 0 Å². The van der Waals surface area contributed by atoms with Crippen molar-refractivity contribution >= 4 is 11.9 Å². The molecule has 2 N–H and O–H groups in total. The van der Waals surface area contributed by atoms with Crippen LogP contribution >= 0.6 is 0 Å². The second kappa shape index (κ2) is 6.57. The van der Waals surface area contributed by atoms with Gasteiger partial charge < -0.3 is 10.4 Å². The van der Waals surface area contributed by atoms with Crippen LogP contribution in [0.25, 0.3) is 0 Å². The van der Waals surface area contributed by atoms with Crippen LogP contribution in [0.3, 0.4) is 0 Å². The fourth-order valence-corrected chi connectivity index (χ4v) is 2.89. The minimum absolute atomic E-state index is 0.133. The maximum Gasteiger partial charge on any atom is 0.326 e. The van der Waals surface area contributed by atoms with E-state index in [-0.39, 0.29) is 11.8 Å². The van der Waals surface area contributed by atoms with Gasteiger partial charge in [-0.05, 0) is 46.1 Å². The van der Waals surface area contributed by atoms with Gasteiger partial charge in [-0.3, -0.25) is 9.69 Å². The molecule has 0 aromatic heterocycles. The molecule has 0 radical (unpaired) electrons. The Kier molecular flexibility index (Phi) is 5.57. The molecule has 5 heteroatoms. The van der Waals surface area contributed by atoms with Gasteiger partial charge in [0.05, 0.1) is 5.54 Å². The van der Waals surface area contributed by atoms with Crippen molar-refractivity contribution in [3.05, 3.63) is 0 Å². The van der Waals surface area contributed by atoms with Crippen LogP contribution in [0.15, 0.2) is 0 Å². The fraction of sp³-hybridized carbons (Fsp3) is 0.867. The van der Waals surface area contributed by atoms with E-state index in [9.17, 15) is 14.7 Å². The number of nitrogens with one attached hydrogen (secondary N) is 1. The first-order chi connectivity index (χ1) is 9.17. The van der Waals surface area contributed by atoms with Gasteiger partial charge in [0.2, 0.25) is 5.91 Å². The molecule has 1 rings (SSSR count). The summed E-state index contributed by atoms with van der Waals surface area (Å²) in [6, 6.07) is -0.478. The number of rotatable bonds is 5. The Morgan fingerprint density at radius 1 is 1.30 bits per heavy atom. The second-order valence-electron chi connectivity index (χ2n) is 6.63. The maximum atomic E-state index is 12.5. The van der Waals surface area contributed by atoms with E-state index in [1.54, 1.807) is 13.8 Å². The molecule has 1 aliphatic heterocycles. The molecule has 2 atom stereocenters. The first kappa shape index (κ1) is 17.0. The molecule has 116 valence electrons. The molecule has 1 fully saturated rings. The van der Waals surface area contributed by atoms with Gasteiger partial charge in [0, 0.05) is 6.04 Å². The van der Waals surface area contributed by atoms with E-state index in [1.807, 2.05) is 13.8 Å². The zero-order chi connectivity index (χ0) is 15.5. The van der Waals surface area contributed by atoms with Crippen LogP contribution < -0.4 is 5.32 Å². The zero-order valence-corrected chi connectivity index (χ0v) is 13.3. The number of carboxylic acids is 1. The Hall–Kier alpha value is -1.10. The number of aliphatic carboxylic acids is 1. The van der Waals surface area contributed by atoms with E-state index in [4.69, 9.17) is 0 Å². The van der Waals surface area contributed by atoms with Crippen molar-refractivity contribution in [2.45, 2.75) is 71.5 Å². The summed E-state index contributed by atoms with van der Waals surface area (Å²) in [5.74, 6) is -1.31. The molecule has 0 aliphatic carbocycles. The summed E-state index contributed by atoms with van der Waals surface area (Å²) in [4.78, 5) is 25.9. The van der Waals surface area contributed by atoms with Crippen molar-refractivity contribution in [2.75, 3.05) is 6.54 Å². The number of amides is 1. The third-order valence-electron chi connectivity index (χ3n) is 4.30. The smallest absolute Gasteiger partial charge is 0.326 e. The molecule has 0 bridgehead atoms. The molecular formula is C15H28N2O3. The summed E-state index contributed by atoms with van der Waals surface area (Å²) in [6.07, 6.45) is 3.37. The van der Waals surface area contributed by atoms with Crippen molar-refractivity contribution < 1.29 is 14.7 Å². The number of hydrogen-bond acceptors (Lipinski definition) is 3. The number of nitrogens with zero attached hydrogens (tertiary/aromatic N) is 1. The Labute approximate surface area is 121 Å². The average molecular weight is 284 g/mol. The molecule has 0 aromatic carbocycles. The third-order valence-corrected chi connectivity index (χ3v) is 4.30. The number of piperidine rings is 1. The normalized spacial score (nSPS) is 22.6. The van der Waals surface area contributed by atoms with Crippen molar-refractivity contribution in [3.8, 4) is 0 Å². The monoisotopic (exact) mass is 284 g/mol. The summed E-state index contributed by atoms with van der Waals surface area (Å²) in [7, 11) is 0. The predicted molar refractivity (Wildman–Crippen MR) is 78.5 cm³/mol. The highest BCUT2D eigenvalue weighted by Crippen LogP contribution is 2.26. The minimum Gasteiger partial charge on any atom is -0.480 e. The van der Waals surface area contributed by atoms with Gasteiger partial charge >= 0.3 is 5.97 Å². The van der Waals surface area contributed by atoms with Gasteiger partial charge in [0.15, 0.2) is 0 Å². The molecule has 0 spiro atoms. The van der Waals surface area contributed by atoms with Gasteiger partial charge in [0.1, 0.15) is 6.04 Å². The van der Waals surface area contributed by atoms with Crippen molar-refractivity contribution in [1.82, 2.24) is 10.2 Å². The fourth-order valence-electron chi connectivity index (χ4n) is 2.89. The lowest BCUT2D eigenvalue weighted by Crippen LogP contribution is -2.61. The van der Waals surface area contributed by atoms with Crippen LogP contribution in [-0.2, 0) is 9.59 Å². The first-order valence-corrected chi connectivity index (χ1v) is 7.48. The highest BCUT2D eigenvalue weighted by molar-refractivity contribution is 5.89. The Morgan fingerprint density at radius 2 is 1.90 bits per heavy atom. The van der Waals surface area contributed by atoms with E-state index >= 15 is 0 Å². The van der Waals surface area contributed by atoms with E-state index in [2.05, 4.69) is 17.1 Å². The third kappa shape index (κ3) is 3.72. The SMILES string of the molecule is CC(C)C(NC(=O)C(C)(C)N1CCCCC1C)C(=O)O. The molecule has 20 heavy (non-hydrogen) atoms. The van der Waals surface area contributed by atoms with Crippen LogP contribution in [0.4, 0.5) is 0 Å². The van der Waals surface area contributed by atoms with Gasteiger partial charge in [0.25, 0.3) is 0 Å². The average Bonchev–Trinajstić information content (AvgIpc) is 2.34. The van der Waals surface area contributed by atoms with E-state index < -0.39 is 17.6 Å². The number of carboxylic acid groups (broad SMARTS) is 1. The van der Waals surface area contributed by atoms with Crippen molar-refractivity contribution in [3.63, 3.8) is 0 Å². The summed E-state index contributed by atoms with van der Waals surface area (Å²) in [5, 5.41) is 11.9. The number of likely N-dealkylation sites (tertiary alicyclic amines) is 1. The first-order valence-electron chi connectivity index (χ1n) is 7.48. The number of carbonyl (C=O) groups is 2. The molecule has 0 saturated carbocycles. The summed E-state index contributed by atoms with van der Waals surface area (Å²) < 4.78 is 0. The number of hydrogen-bond donors (Lipinski definition) is 2. The highest BCUT2D eigenvalue weighted by atomic mass is 16.4. The van der Waals surface area contributed by atoms with E-state index in [0.717, 1.165) is 19.4 Å². The standard InChI is InChI=1S/C15H28N2O3/c1-10(2)12(13(18)19)16-14(20)15(4,5)17-9-7-6-8-11(17)3/h10-12H,6-9H2,1-5H3,(H,16,20)(H,18,19). The zero-order valence-electron chi connectivity index (χ0n) is 13.3. The van der Waals surface area contributed by atoms with Gasteiger partial charge in [-0.1, -0.05) is 20.3 Å². The molecule has 5 nitrogen and oxygen atoms in total. The second-order valence-corrected chi connectivity index (χ2v) is 6.63. The maximum absolute atomic E-state index is 12.5. The Bertz CT molecular complexity index is 366. The van der Waals surface area contributed by atoms with Crippen LogP contribution in [0, 0.1) is 5.92 Å². The number of carbonyl (C=O) groups excluding carboxylic acids is 1. The van der Waals surface area contributed by atoms with Gasteiger partial charge in [-0.2, -0.15) is 0 Å². The summed E-state index contributed by atoms with van der Waals surface area (Å²) in [6.45, 7) is 10.4.